The van der Waals surface area contributed by atoms with Crippen LogP contribution in [0, 0.1) is 17.1 Å². The lowest BCUT2D eigenvalue weighted by Gasteiger charge is -2.18. The van der Waals surface area contributed by atoms with Crippen molar-refractivity contribution in [2.75, 3.05) is 6.61 Å². The summed E-state index contributed by atoms with van der Waals surface area (Å²) in [5.74, 6) is -0.437. The number of carbonyl (C=O) groups excluding carboxylic acids is 1. The second-order valence-electron chi connectivity index (χ2n) is 8.09. The molecule has 1 unspecified atom stereocenters. The molecule has 0 heterocycles. The quantitative estimate of drug-likeness (QED) is 0.466. The average Bonchev–Trinajstić information content (AvgIpc) is 2.83. The molecule has 0 aliphatic heterocycles. The number of carbonyl (C=O) groups is 1. The highest BCUT2D eigenvalue weighted by Crippen LogP contribution is 2.22. The Kier molecular flexibility index (Phi) is 8.60. The van der Waals surface area contributed by atoms with Gasteiger partial charge in [0.05, 0.1) is 24.3 Å². The fourth-order valence-electron chi connectivity index (χ4n) is 3.35. The van der Waals surface area contributed by atoms with Gasteiger partial charge in [-0.25, -0.2) is 4.39 Å². The first-order chi connectivity index (χ1) is 16.4. The Morgan fingerprint density at radius 3 is 2.44 bits per heavy atom. The molecule has 0 bridgehead atoms. The number of aliphatic hydroxyl groups is 1. The van der Waals surface area contributed by atoms with Gasteiger partial charge in [0.25, 0.3) is 5.91 Å². The normalized spacial score (nSPS) is 11.5. The van der Waals surface area contributed by atoms with Crippen LogP contribution in [0.25, 0.3) is 0 Å². The number of halogens is 1. The molecule has 3 aromatic rings. The van der Waals surface area contributed by atoms with Crippen molar-refractivity contribution >= 4 is 5.91 Å². The van der Waals surface area contributed by atoms with Crippen molar-refractivity contribution in [2.24, 2.45) is 0 Å². The number of benzene rings is 3. The Balaban J connectivity index is 1.63. The van der Waals surface area contributed by atoms with E-state index in [0.29, 0.717) is 11.3 Å². The minimum absolute atomic E-state index is 0.110. The molecule has 0 aliphatic carbocycles. The number of nitrogens with one attached hydrogen (secondary N) is 1. The summed E-state index contributed by atoms with van der Waals surface area (Å²) in [5, 5.41) is 21.9. The van der Waals surface area contributed by atoms with E-state index in [1.165, 1.54) is 18.2 Å². The largest absolute Gasteiger partial charge is 0.490 e. The van der Waals surface area contributed by atoms with E-state index in [9.17, 15) is 19.6 Å². The molecule has 176 valence electrons. The zero-order chi connectivity index (χ0) is 24.5. The summed E-state index contributed by atoms with van der Waals surface area (Å²) in [5.41, 5.74) is 2.04. The molecular formula is C27H27FN2O4. The summed E-state index contributed by atoms with van der Waals surface area (Å²) in [7, 11) is 0. The lowest BCUT2D eigenvalue weighted by Crippen LogP contribution is -2.39. The Bertz CT molecular complexity index is 1160. The maximum absolute atomic E-state index is 14.5. The number of amides is 1. The minimum Gasteiger partial charge on any atom is -0.490 e. The van der Waals surface area contributed by atoms with Gasteiger partial charge in [0.15, 0.2) is 11.6 Å². The Morgan fingerprint density at radius 1 is 1.06 bits per heavy atom. The maximum Gasteiger partial charge on any atom is 0.251 e. The summed E-state index contributed by atoms with van der Waals surface area (Å²) in [6, 6.07) is 20.0. The molecule has 6 nitrogen and oxygen atoms in total. The number of nitriles is 1. The number of hydrogen-bond acceptors (Lipinski definition) is 5. The van der Waals surface area contributed by atoms with Gasteiger partial charge in [-0.15, -0.1) is 0 Å². The van der Waals surface area contributed by atoms with Crippen LogP contribution in [0.3, 0.4) is 0 Å². The molecule has 7 heteroatoms. The summed E-state index contributed by atoms with van der Waals surface area (Å²) < 4.78 is 25.7. The maximum atomic E-state index is 14.5. The molecule has 0 aliphatic rings. The van der Waals surface area contributed by atoms with Crippen LogP contribution in [0.2, 0.25) is 0 Å². The van der Waals surface area contributed by atoms with Crippen LogP contribution in [-0.4, -0.2) is 29.8 Å². The second-order valence-corrected chi connectivity index (χ2v) is 8.09. The van der Waals surface area contributed by atoms with Crippen LogP contribution in [0.4, 0.5) is 4.39 Å². The van der Waals surface area contributed by atoms with Crippen LogP contribution in [0.5, 0.6) is 11.5 Å². The number of rotatable bonds is 10. The zero-order valence-electron chi connectivity index (χ0n) is 19.1. The summed E-state index contributed by atoms with van der Waals surface area (Å²) in [6.45, 7) is 3.61. The van der Waals surface area contributed by atoms with Gasteiger partial charge in [-0.3, -0.25) is 4.79 Å². The van der Waals surface area contributed by atoms with E-state index in [1.54, 1.807) is 18.2 Å². The van der Waals surface area contributed by atoms with Crippen LogP contribution in [0.15, 0.2) is 66.7 Å². The van der Waals surface area contributed by atoms with Gasteiger partial charge in [0, 0.05) is 5.56 Å². The van der Waals surface area contributed by atoms with E-state index in [1.807, 2.05) is 50.2 Å². The van der Waals surface area contributed by atoms with Crippen LogP contribution in [0.1, 0.15) is 40.9 Å². The molecule has 34 heavy (non-hydrogen) atoms. The first-order valence-electron chi connectivity index (χ1n) is 11.0. The predicted molar refractivity (Wildman–Crippen MR) is 126 cm³/mol. The molecule has 0 saturated carbocycles. The molecule has 2 N–H and O–H groups in total. The monoisotopic (exact) mass is 462 g/mol. The van der Waals surface area contributed by atoms with E-state index >= 15 is 0 Å². The van der Waals surface area contributed by atoms with Crippen LogP contribution < -0.4 is 14.8 Å². The Morgan fingerprint density at radius 2 is 1.79 bits per heavy atom. The van der Waals surface area contributed by atoms with Gasteiger partial charge in [-0.05, 0) is 61.7 Å². The second kappa shape index (κ2) is 11.8. The molecule has 1 amide bonds. The Labute approximate surface area is 198 Å². The van der Waals surface area contributed by atoms with Crippen molar-refractivity contribution < 1.29 is 23.8 Å². The minimum atomic E-state index is -0.639. The van der Waals surface area contributed by atoms with E-state index in [2.05, 4.69) is 5.32 Å². The van der Waals surface area contributed by atoms with E-state index in [-0.39, 0.29) is 42.6 Å². The molecule has 3 aromatic carbocycles. The summed E-state index contributed by atoms with van der Waals surface area (Å²) >= 11 is 0. The van der Waals surface area contributed by atoms with Crippen molar-refractivity contribution in [2.45, 2.75) is 39.0 Å². The number of ether oxygens (including phenoxy) is 2. The lowest BCUT2D eigenvalue weighted by molar-refractivity contribution is 0.0916. The molecule has 0 aromatic heterocycles. The SMILES string of the molecule is CC(C)Oc1ccc(C(=O)NC(CO)Cc2ccc(OCc3ccccc3)c(F)c2)cc1C#N. The Hall–Kier alpha value is -3.89. The first-order valence-corrected chi connectivity index (χ1v) is 11.0. The van der Waals surface area contributed by atoms with Crippen molar-refractivity contribution in [3.05, 3.63) is 94.8 Å². The first kappa shape index (κ1) is 24.7. The molecule has 0 fully saturated rings. The zero-order valence-corrected chi connectivity index (χ0v) is 19.1. The van der Waals surface area contributed by atoms with Crippen LogP contribution >= 0.6 is 0 Å². The average molecular weight is 463 g/mol. The van der Waals surface area contributed by atoms with Gasteiger partial charge in [0.2, 0.25) is 0 Å². The highest BCUT2D eigenvalue weighted by Gasteiger charge is 2.17. The number of nitrogens with zero attached hydrogens (tertiary/aromatic N) is 1. The smallest absolute Gasteiger partial charge is 0.251 e. The number of hydrogen-bond donors (Lipinski definition) is 2. The molecule has 0 spiro atoms. The number of aliphatic hydroxyl groups excluding tert-OH is 1. The van der Waals surface area contributed by atoms with Crippen molar-refractivity contribution in [3.8, 4) is 17.6 Å². The molecule has 0 saturated heterocycles. The van der Waals surface area contributed by atoms with Crippen molar-refractivity contribution in [3.63, 3.8) is 0 Å². The third-order valence-corrected chi connectivity index (χ3v) is 5.00. The van der Waals surface area contributed by atoms with E-state index in [4.69, 9.17) is 9.47 Å². The van der Waals surface area contributed by atoms with Crippen molar-refractivity contribution in [1.82, 2.24) is 5.32 Å². The van der Waals surface area contributed by atoms with Gasteiger partial charge in [0.1, 0.15) is 18.4 Å². The highest BCUT2D eigenvalue weighted by atomic mass is 19.1. The van der Waals surface area contributed by atoms with Gasteiger partial charge >= 0.3 is 0 Å². The molecule has 1 atom stereocenters. The summed E-state index contributed by atoms with van der Waals surface area (Å²) in [4.78, 5) is 12.7. The molecule has 0 radical (unpaired) electrons. The van der Waals surface area contributed by atoms with Crippen molar-refractivity contribution in [1.29, 1.82) is 5.26 Å². The van der Waals surface area contributed by atoms with Gasteiger partial charge in [-0.2, -0.15) is 5.26 Å². The third kappa shape index (κ3) is 6.80. The fourth-order valence-corrected chi connectivity index (χ4v) is 3.35. The fraction of sp³-hybridized carbons (Fsp3) is 0.259. The standard InChI is InChI=1S/C27H27FN2O4/c1-18(2)34-25-11-9-21(14-22(25)15-29)27(32)30-23(16-31)12-20-8-10-26(24(28)13-20)33-17-19-6-4-3-5-7-19/h3-11,13-14,18,23,31H,12,16-17H2,1-2H3,(H,30,32). The molecule has 3 rings (SSSR count). The topological polar surface area (TPSA) is 91.6 Å². The predicted octanol–water partition coefficient (Wildman–Crippen LogP) is 4.40. The van der Waals surface area contributed by atoms with E-state index in [0.717, 1.165) is 5.56 Å². The lowest BCUT2D eigenvalue weighted by atomic mass is 10.0. The molecular weight excluding hydrogens is 435 g/mol. The summed E-state index contributed by atoms with van der Waals surface area (Å²) in [6.07, 6.45) is 0.110. The van der Waals surface area contributed by atoms with E-state index < -0.39 is 17.8 Å². The third-order valence-electron chi connectivity index (χ3n) is 5.00. The highest BCUT2D eigenvalue weighted by molar-refractivity contribution is 5.95. The van der Waals surface area contributed by atoms with Gasteiger partial charge in [-0.1, -0.05) is 36.4 Å². The van der Waals surface area contributed by atoms with Gasteiger partial charge < -0.3 is 19.9 Å². The van der Waals surface area contributed by atoms with Crippen LogP contribution in [-0.2, 0) is 13.0 Å².